The molecule has 0 fully saturated rings. The summed E-state index contributed by atoms with van der Waals surface area (Å²) in [7, 11) is 1.67. The number of pyridine rings is 1. The lowest BCUT2D eigenvalue weighted by molar-refractivity contribution is -0.117. The number of hydrogen-bond donors (Lipinski definition) is 0. The SMILES string of the molecule is COc1c(C)cnc(CN2CC(=O)N(CC(C)C)c3c(C)nc(C)nc32)c1C. The van der Waals surface area contributed by atoms with E-state index in [1.54, 1.807) is 7.11 Å². The lowest BCUT2D eigenvalue weighted by Gasteiger charge is -2.37. The maximum absolute atomic E-state index is 13.0. The Morgan fingerprint density at radius 1 is 1.18 bits per heavy atom. The van der Waals surface area contributed by atoms with E-state index in [1.165, 1.54) is 0 Å². The highest BCUT2D eigenvalue weighted by Crippen LogP contribution is 2.36. The largest absolute Gasteiger partial charge is 0.496 e. The molecule has 2 aromatic rings. The van der Waals surface area contributed by atoms with E-state index in [9.17, 15) is 4.79 Å². The van der Waals surface area contributed by atoms with E-state index in [0.29, 0.717) is 24.8 Å². The zero-order chi connectivity index (χ0) is 20.6. The quantitative estimate of drug-likeness (QED) is 0.790. The minimum atomic E-state index is 0.0634. The van der Waals surface area contributed by atoms with Crippen LogP contribution in [0.15, 0.2) is 6.20 Å². The number of rotatable bonds is 5. The summed E-state index contributed by atoms with van der Waals surface area (Å²) in [5.74, 6) is 2.75. The van der Waals surface area contributed by atoms with E-state index in [1.807, 2.05) is 43.7 Å². The lowest BCUT2D eigenvalue weighted by atomic mass is 10.1. The average Bonchev–Trinajstić information content (AvgIpc) is 2.60. The van der Waals surface area contributed by atoms with Crippen LogP contribution in [0.5, 0.6) is 5.75 Å². The van der Waals surface area contributed by atoms with Crippen molar-refractivity contribution >= 4 is 17.4 Å². The third-order valence-electron chi connectivity index (χ3n) is 4.99. The van der Waals surface area contributed by atoms with Crippen LogP contribution < -0.4 is 14.5 Å². The van der Waals surface area contributed by atoms with Crippen molar-refractivity contribution in [3.05, 3.63) is 34.5 Å². The molecule has 1 amide bonds. The van der Waals surface area contributed by atoms with Crippen LogP contribution in [0.2, 0.25) is 0 Å². The maximum atomic E-state index is 13.0. The van der Waals surface area contributed by atoms with Crippen molar-refractivity contribution in [2.75, 3.05) is 30.0 Å². The Hall–Kier alpha value is -2.70. The molecule has 1 aliphatic rings. The zero-order valence-electron chi connectivity index (χ0n) is 17.8. The molecular formula is C21H29N5O2. The minimum absolute atomic E-state index is 0.0634. The maximum Gasteiger partial charge on any atom is 0.246 e. The van der Waals surface area contributed by atoms with Crippen molar-refractivity contribution in [2.24, 2.45) is 5.92 Å². The summed E-state index contributed by atoms with van der Waals surface area (Å²) >= 11 is 0. The van der Waals surface area contributed by atoms with Gasteiger partial charge in [-0.15, -0.1) is 0 Å². The molecule has 0 N–H and O–H groups in total. The van der Waals surface area contributed by atoms with E-state index in [-0.39, 0.29) is 12.5 Å². The van der Waals surface area contributed by atoms with Gasteiger partial charge < -0.3 is 14.5 Å². The molecule has 28 heavy (non-hydrogen) atoms. The average molecular weight is 383 g/mol. The summed E-state index contributed by atoms with van der Waals surface area (Å²) in [4.78, 5) is 30.6. The number of aryl methyl sites for hydroxylation is 3. The normalized spacial score (nSPS) is 13.9. The predicted molar refractivity (Wildman–Crippen MR) is 110 cm³/mol. The molecule has 1 aliphatic heterocycles. The number of hydrogen-bond acceptors (Lipinski definition) is 6. The molecule has 0 aromatic carbocycles. The van der Waals surface area contributed by atoms with Gasteiger partial charge in [-0.25, -0.2) is 9.97 Å². The lowest BCUT2D eigenvalue weighted by Crippen LogP contribution is -2.48. The molecule has 7 heteroatoms. The fraction of sp³-hybridized carbons (Fsp3) is 0.524. The van der Waals surface area contributed by atoms with E-state index in [4.69, 9.17) is 9.72 Å². The molecule has 0 saturated carbocycles. The molecule has 0 unspecified atom stereocenters. The van der Waals surface area contributed by atoms with Crippen molar-refractivity contribution in [2.45, 2.75) is 48.1 Å². The van der Waals surface area contributed by atoms with Gasteiger partial charge in [-0.2, -0.15) is 0 Å². The molecular weight excluding hydrogens is 354 g/mol. The van der Waals surface area contributed by atoms with Gasteiger partial charge in [0.15, 0.2) is 5.82 Å². The molecule has 0 spiro atoms. The number of amides is 1. The monoisotopic (exact) mass is 383 g/mol. The standard InChI is InChI=1S/C21H29N5O2/c1-12(2)9-26-18(27)11-25(21-19(26)15(5)23-16(6)24-21)10-17-14(4)20(28-7)13(3)8-22-17/h8,12H,9-11H2,1-7H3. The zero-order valence-corrected chi connectivity index (χ0v) is 17.8. The van der Waals surface area contributed by atoms with Crippen molar-refractivity contribution < 1.29 is 9.53 Å². The van der Waals surface area contributed by atoms with Crippen molar-refractivity contribution in [1.82, 2.24) is 15.0 Å². The first-order chi connectivity index (χ1) is 13.2. The van der Waals surface area contributed by atoms with Crippen molar-refractivity contribution in [3.8, 4) is 5.75 Å². The van der Waals surface area contributed by atoms with Gasteiger partial charge >= 0.3 is 0 Å². The van der Waals surface area contributed by atoms with Crippen LogP contribution in [0.1, 0.15) is 42.2 Å². The van der Waals surface area contributed by atoms with Gasteiger partial charge in [0.05, 0.1) is 31.6 Å². The highest BCUT2D eigenvalue weighted by molar-refractivity contribution is 6.03. The molecule has 7 nitrogen and oxygen atoms in total. The number of carbonyl (C=O) groups is 1. The number of ether oxygens (including phenoxy) is 1. The number of carbonyl (C=O) groups excluding carboxylic acids is 1. The topological polar surface area (TPSA) is 71.5 Å². The third kappa shape index (κ3) is 3.66. The first-order valence-corrected chi connectivity index (χ1v) is 9.62. The number of nitrogens with zero attached hydrogens (tertiary/aromatic N) is 5. The van der Waals surface area contributed by atoms with Gasteiger partial charge in [0, 0.05) is 23.9 Å². The van der Waals surface area contributed by atoms with Crippen LogP contribution in [-0.2, 0) is 11.3 Å². The van der Waals surface area contributed by atoms with Gasteiger partial charge in [-0.05, 0) is 33.6 Å². The van der Waals surface area contributed by atoms with E-state index >= 15 is 0 Å². The Morgan fingerprint density at radius 3 is 2.54 bits per heavy atom. The summed E-state index contributed by atoms with van der Waals surface area (Å²) < 4.78 is 5.54. The molecule has 0 radical (unpaired) electrons. The van der Waals surface area contributed by atoms with Gasteiger partial charge in [0.25, 0.3) is 0 Å². The third-order valence-corrected chi connectivity index (χ3v) is 4.99. The van der Waals surface area contributed by atoms with E-state index < -0.39 is 0 Å². The van der Waals surface area contributed by atoms with Crippen molar-refractivity contribution in [3.63, 3.8) is 0 Å². The summed E-state index contributed by atoms with van der Waals surface area (Å²) in [6.45, 7) is 13.4. The summed E-state index contributed by atoms with van der Waals surface area (Å²) in [6.07, 6.45) is 1.81. The van der Waals surface area contributed by atoms with E-state index in [0.717, 1.165) is 39.8 Å². The molecule has 0 saturated heterocycles. The number of anilines is 2. The first kappa shape index (κ1) is 20.0. The van der Waals surface area contributed by atoms with Gasteiger partial charge in [0.1, 0.15) is 17.3 Å². The van der Waals surface area contributed by atoms with E-state index in [2.05, 4.69) is 23.8 Å². The Bertz CT molecular complexity index is 910. The molecule has 0 bridgehead atoms. The minimum Gasteiger partial charge on any atom is -0.496 e. The predicted octanol–water partition coefficient (Wildman–Crippen LogP) is 3.12. The highest BCUT2D eigenvalue weighted by atomic mass is 16.5. The smallest absolute Gasteiger partial charge is 0.246 e. The van der Waals surface area contributed by atoms with Gasteiger partial charge in [-0.1, -0.05) is 13.8 Å². The molecule has 2 aromatic heterocycles. The highest BCUT2D eigenvalue weighted by Gasteiger charge is 2.33. The number of fused-ring (bicyclic) bond motifs is 1. The van der Waals surface area contributed by atoms with Crippen molar-refractivity contribution in [1.29, 1.82) is 0 Å². The molecule has 3 heterocycles. The molecule has 3 rings (SSSR count). The van der Waals surface area contributed by atoms with Crippen LogP contribution >= 0.6 is 0 Å². The summed E-state index contributed by atoms with van der Waals surface area (Å²) in [5, 5.41) is 0. The fourth-order valence-electron chi connectivity index (χ4n) is 3.77. The molecule has 150 valence electrons. The van der Waals surface area contributed by atoms with Crippen LogP contribution in [0.4, 0.5) is 11.5 Å². The Morgan fingerprint density at radius 2 is 1.89 bits per heavy atom. The Kier molecular flexibility index (Phi) is 5.54. The molecule has 0 aliphatic carbocycles. The number of aromatic nitrogens is 3. The second-order valence-electron chi connectivity index (χ2n) is 7.83. The fourth-order valence-corrected chi connectivity index (χ4v) is 3.77. The second-order valence-corrected chi connectivity index (χ2v) is 7.83. The van der Waals surface area contributed by atoms with Gasteiger partial charge in [-0.3, -0.25) is 9.78 Å². The van der Waals surface area contributed by atoms with Crippen LogP contribution in [-0.4, -0.2) is 41.1 Å². The van der Waals surface area contributed by atoms with Crippen LogP contribution in [0.25, 0.3) is 0 Å². The van der Waals surface area contributed by atoms with Gasteiger partial charge in [0.2, 0.25) is 5.91 Å². The summed E-state index contributed by atoms with van der Waals surface area (Å²) in [5.41, 5.74) is 4.51. The Balaban J connectivity index is 2.05. The first-order valence-electron chi connectivity index (χ1n) is 9.62. The van der Waals surface area contributed by atoms with Crippen LogP contribution in [0, 0.1) is 33.6 Å². The van der Waals surface area contributed by atoms with Crippen LogP contribution in [0.3, 0.4) is 0 Å². The molecule has 0 atom stereocenters. The Labute approximate surface area is 166 Å². The number of methoxy groups -OCH3 is 1. The summed E-state index contributed by atoms with van der Waals surface area (Å²) in [6, 6.07) is 0. The second kappa shape index (κ2) is 7.73.